The molecule has 1 fully saturated rings. The third-order valence-corrected chi connectivity index (χ3v) is 6.49. The van der Waals surface area contributed by atoms with Gasteiger partial charge in [-0.05, 0) is 54.8 Å². The molecule has 1 aliphatic carbocycles. The van der Waals surface area contributed by atoms with Crippen molar-refractivity contribution in [1.82, 2.24) is 10.0 Å². The number of sulfonamides is 1. The van der Waals surface area contributed by atoms with Crippen LogP contribution in [0.2, 0.25) is 0 Å². The summed E-state index contributed by atoms with van der Waals surface area (Å²) in [5.74, 6) is -0.598. The van der Waals surface area contributed by atoms with E-state index in [-0.39, 0.29) is 23.2 Å². The van der Waals surface area contributed by atoms with Gasteiger partial charge in [-0.1, -0.05) is 31.1 Å². The van der Waals surface area contributed by atoms with Crippen molar-refractivity contribution >= 4 is 15.9 Å². The van der Waals surface area contributed by atoms with Crippen molar-refractivity contribution in [3.05, 3.63) is 78.1 Å². The SMILES string of the molecule is C=CCNS(=O)(=O)c1ccc(C(=O)NC2(c3ccc(F)cc3)CCCC2)cc1. The Morgan fingerprint density at radius 1 is 1.07 bits per heavy atom. The topological polar surface area (TPSA) is 75.3 Å². The molecule has 7 heteroatoms. The Balaban J connectivity index is 1.79. The standard InChI is InChI=1S/C21H23FN2O3S/c1-2-15-23-28(26,27)19-11-5-16(6-12-19)20(25)24-21(13-3-4-14-21)17-7-9-18(22)10-8-17/h2,5-12,23H,1,3-4,13-15H2,(H,24,25). The highest BCUT2D eigenvalue weighted by molar-refractivity contribution is 7.89. The maximum Gasteiger partial charge on any atom is 0.251 e. The second kappa shape index (κ2) is 8.24. The normalized spacial score (nSPS) is 15.9. The molecular formula is C21H23FN2O3S. The van der Waals surface area contributed by atoms with E-state index in [4.69, 9.17) is 0 Å². The number of halogens is 1. The van der Waals surface area contributed by atoms with Crippen LogP contribution in [0.1, 0.15) is 41.6 Å². The minimum atomic E-state index is -3.63. The first-order chi connectivity index (χ1) is 13.4. The fraction of sp³-hybridized carbons (Fsp3) is 0.286. The van der Waals surface area contributed by atoms with Crippen molar-refractivity contribution < 1.29 is 17.6 Å². The first-order valence-electron chi connectivity index (χ1n) is 9.15. The maximum absolute atomic E-state index is 13.3. The van der Waals surface area contributed by atoms with Crippen molar-refractivity contribution in [1.29, 1.82) is 0 Å². The van der Waals surface area contributed by atoms with Crippen LogP contribution in [0.25, 0.3) is 0 Å². The smallest absolute Gasteiger partial charge is 0.251 e. The van der Waals surface area contributed by atoms with Crippen molar-refractivity contribution in [3.63, 3.8) is 0 Å². The van der Waals surface area contributed by atoms with E-state index in [1.807, 2.05) is 0 Å². The molecular weight excluding hydrogens is 379 g/mol. The first kappa shape index (κ1) is 20.2. The lowest BCUT2D eigenvalue weighted by Gasteiger charge is -2.31. The minimum absolute atomic E-state index is 0.0833. The number of nitrogens with one attached hydrogen (secondary N) is 2. The van der Waals surface area contributed by atoms with Crippen LogP contribution in [0.15, 0.2) is 66.1 Å². The van der Waals surface area contributed by atoms with E-state index in [1.165, 1.54) is 42.5 Å². The molecule has 2 N–H and O–H groups in total. The third-order valence-electron chi connectivity index (χ3n) is 5.05. The van der Waals surface area contributed by atoms with Crippen LogP contribution in [0.4, 0.5) is 4.39 Å². The van der Waals surface area contributed by atoms with Gasteiger partial charge in [0, 0.05) is 12.1 Å². The fourth-order valence-corrected chi connectivity index (χ4v) is 4.56. The molecule has 0 unspecified atom stereocenters. The summed E-state index contributed by atoms with van der Waals surface area (Å²) in [7, 11) is -3.63. The highest BCUT2D eigenvalue weighted by Gasteiger charge is 2.37. The lowest BCUT2D eigenvalue weighted by molar-refractivity contribution is 0.0898. The van der Waals surface area contributed by atoms with Gasteiger partial charge in [-0.15, -0.1) is 6.58 Å². The van der Waals surface area contributed by atoms with Crippen molar-refractivity contribution in [3.8, 4) is 0 Å². The highest BCUT2D eigenvalue weighted by atomic mass is 32.2. The summed E-state index contributed by atoms with van der Waals surface area (Å²) in [6.07, 6.45) is 4.97. The number of hydrogen-bond acceptors (Lipinski definition) is 3. The van der Waals surface area contributed by atoms with Crippen molar-refractivity contribution in [2.45, 2.75) is 36.1 Å². The zero-order valence-corrected chi connectivity index (χ0v) is 16.3. The number of amides is 1. The summed E-state index contributed by atoms with van der Waals surface area (Å²) in [5.41, 5.74) is 0.727. The summed E-state index contributed by atoms with van der Waals surface area (Å²) in [4.78, 5) is 12.9. The number of benzene rings is 2. The van der Waals surface area contributed by atoms with Gasteiger partial charge < -0.3 is 5.32 Å². The number of rotatable bonds is 7. The van der Waals surface area contributed by atoms with Crippen LogP contribution < -0.4 is 10.0 Å². The van der Waals surface area contributed by atoms with E-state index in [0.717, 1.165) is 31.2 Å². The highest BCUT2D eigenvalue weighted by Crippen LogP contribution is 2.39. The fourth-order valence-electron chi connectivity index (χ4n) is 3.56. The summed E-state index contributed by atoms with van der Waals surface area (Å²) in [5, 5.41) is 3.10. The van der Waals surface area contributed by atoms with Crippen LogP contribution in [-0.2, 0) is 15.6 Å². The summed E-state index contributed by atoms with van der Waals surface area (Å²) >= 11 is 0. The van der Waals surface area contributed by atoms with Crippen molar-refractivity contribution in [2.75, 3.05) is 6.54 Å². The summed E-state index contributed by atoms with van der Waals surface area (Å²) < 4.78 is 39.9. The summed E-state index contributed by atoms with van der Waals surface area (Å²) in [6.45, 7) is 3.61. The van der Waals surface area contributed by atoms with Crippen LogP contribution >= 0.6 is 0 Å². The van der Waals surface area contributed by atoms with E-state index >= 15 is 0 Å². The molecule has 2 aromatic carbocycles. The van der Waals surface area contributed by atoms with Gasteiger partial charge in [0.05, 0.1) is 10.4 Å². The van der Waals surface area contributed by atoms with E-state index in [0.29, 0.717) is 5.56 Å². The van der Waals surface area contributed by atoms with E-state index < -0.39 is 15.6 Å². The molecule has 3 rings (SSSR count). The third kappa shape index (κ3) is 4.31. The van der Waals surface area contributed by atoms with Gasteiger partial charge in [-0.3, -0.25) is 4.79 Å². The lowest BCUT2D eigenvalue weighted by atomic mass is 9.87. The Labute approximate surface area is 164 Å². The average Bonchev–Trinajstić information content (AvgIpc) is 3.16. The first-order valence-corrected chi connectivity index (χ1v) is 10.6. The Morgan fingerprint density at radius 3 is 2.25 bits per heavy atom. The largest absolute Gasteiger partial charge is 0.343 e. The van der Waals surface area contributed by atoms with Crippen molar-refractivity contribution in [2.24, 2.45) is 0 Å². The Morgan fingerprint density at radius 2 is 1.68 bits per heavy atom. The lowest BCUT2D eigenvalue weighted by Crippen LogP contribution is -2.43. The molecule has 0 radical (unpaired) electrons. The van der Waals surface area contributed by atoms with Gasteiger partial charge in [-0.2, -0.15) is 0 Å². The quantitative estimate of drug-likeness (QED) is 0.696. The predicted octanol–water partition coefficient (Wildman–Crippen LogP) is 3.49. The van der Waals surface area contributed by atoms with Gasteiger partial charge in [-0.25, -0.2) is 17.5 Å². The van der Waals surface area contributed by atoms with Gasteiger partial charge >= 0.3 is 0 Å². The molecule has 0 atom stereocenters. The Bertz CT molecular complexity index is 948. The molecule has 1 amide bonds. The van der Waals surface area contributed by atoms with Crippen LogP contribution in [0.3, 0.4) is 0 Å². The van der Waals surface area contributed by atoms with Gasteiger partial charge in [0.2, 0.25) is 10.0 Å². The molecule has 148 valence electrons. The average molecular weight is 402 g/mol. The minimum Gasteiger partial charge on any atom is -0.343 e. The molecule has 0 aliphatic heterocycles. The molecule has 0 bridgehead atoms. The van der Waals surface area contributed by atoms with E-state index in [2.05, 4.69) is 16.6 Å². The zero-order chi connectivity index (χ0) is 20.2. The Hall–Kier alpha value is -2.51. The molecule has 1 saturated carbocycles. The molecule has 0 aromatic heterocycles. The molecule has 0 heterocycles. The second-order valence-electron chi connectivity index (χ2n) is 6.92. The second-order valence-corrected chi connectivity index (χ2v) is 8.68. The monoisotopic (exact) mass is 402 g/mol. The van der Waals surface area contributed by atoms with Gasteiger partial charge in [0.25, 0.3) is 5.91 Å². The molecule has 0 spiro atoms. The van der Waals surface area contributed by atoms with E-state index in [1.54, 1.807) is 12.1 Å². The van der Waals surface area contributed by atoms with Gasteiger partial charge in [0.1, 0.15) is 5.82 Å². The number of carbonyl (C=O) groups excluding carboxylic acids is 1. The Kier molecular flexibility index (Phi) is 5.96. The molecule has 28 heavy (non-hydrogen) atoms. The van der Waals surface area contributed by atoms with Gasteiger partial charge in [0.15, 0.2) is 0 Å². The summed E-state index contributed by atoms with van der Waals surface area (Å²) in [6, 6.07) is 12.0. The predicted molar refractivity (Wildman–Crippen MR) is 106 cm³/mol. The molecule has 1 aliphatic rings. The van der Waals surface area contributed by atoms with Crippen LogP contribution in [-0.4, -0.2) is 20.9 Å². The zero-order valence-electron chi connectivity index (χ0n) is 15.4. The van der Waals surface area contributed by atoms with Crippen LogP contribution in [0, 0.1) is 5.82 Å². The molecule has 0 saturated heterocycles. The maximum atomic E-state index is 13.3. The van der Waals surface area contributed by atoms with E-state index in [9.17, 15) is 17.6 Å². The van der Waals surface area contributed by atoms with Crippen LogP contribution in [0.5, 0.6) is 0 Å². The number of hydrogen-bond donors (Lipinski definition) is 2. The number of carbonyl (C=O) groups is 1. The molecule has 5 nitrogen and oxygen atoms in total. The molecule has 2 aromatic rings.